The summed E-state index contributed by atoms with van der Waals surface area (Å²) in [6.45, 7) is 2.32. The Labute approximate surface area is 189 Å². The molecule has 31 heavy (non-hydrogen) atoms. The Morgan fingerprint density at radius 2 is 1.65 bits per heavy atom. The van der Waals surface area contributed by atoms with Crippen LogP contribution in [0, 0.1) is 6.92 Å². The minimum absolute atomic E-state index is 0.160. The monoisotopic (exact) mass is 480 g/mol. The number of benzene rings is 3. The molecule has 0 saturated heterocycles. The number of Topliss-reactive ketones (excluding diaryl/α,β-unsaturated/α-hetero) is 1. The molecule has 3 aromatic carbocycles. The lowest BCUT2D eigenvalue weighted by molar-refractivity contribution is 0.101. The van der Waals surface area contributed by atoms with E-state index in [1.165, 1.54) is 0 Å². The fourth-order valence-corrected chi connectivity index (χ4v) is 3.62. The number of ether oxygens (including phenoxy) is 4. The number of allylic oxidation sites excluding steroid dienone is 1. The molecule has 0 aromatic heterocycles. The summed E-state index contributed by atoms with van der Waals surface area (Å²) in [4.78, 5) is 12.9. The number of carbonyl (C=O) groups excluding carboxylic acids is 1. The van der Waals surface area contributed by atoms with Crippen LogP contribution in [0.3, 0.4) is 0 Å². The highest BCUT2D eigenvalue weighted by Crippen LogP contribution is 2.40. The molecule has 1 aliphatic heterocycles. The number of halogens is 1. The Bertz CT molecular complexity index is 1170. The zero-order valence-electron chi connectivity index (χ0n) is 17.4. The van der Waals surface area contributed by atoms with Crippen LogP contribution in [0.1, 0.15) is 27.0 Å². The molecule has 0 unspecified atom stereocenters. The van der Waals surface area contributed by atoms with Gasteiger partial charge >= 0.3 is 0 Å². The standard InChI is InChI=1S/C25H21BrO5/c1-15-20(30-14-16-4-7-18(26)8-5-16)11-9-19-24(27)23(31-25(15)19)13-17-6-10-21(28-2)22(12-17)29-3/h4-13H,14H2,1-3H3/b23-13-. The normalized spacial score (nSPS) is 13.7. The van der Waals surface area contributed by atoms with Gasteiger partial charge in [-0.3, -0.25) is 4.79 Å². The zero-order chi connectivity index (χ0) is 22.0. The van der Waals surface area contributed by atoms with E-state index in [9.17, 15) is 4.79 Å². The quantitative estimate of drug-likeness (QED) is 0.406. The first-order valence-corrected chi connectivity index (χ1v) is 10.5. The van der Waals surface area contributed by atoms with Crippen LogP contribution in [0.25, 0.3) is 6.08 Å². The van der Waals surface area contributed by atoms with Crippen LogP contribution < -0.4 is 18.9 Å². The van der Waals surface area contributed by atoms with E-state index in [0.717, 1.165) is 21.2 Å². The van der Waals surface area contributed by atoms with Crippen molar-refractivity contribution in [2.24, 2.45) is 0 Å². The molecule has 0 spiro atoms. The summed E-state index contributed by atoms with van der Waals surface area (Å²) in [5.41, 5.74) is 3.14. The molecule has 6 heteroatoms. The number of rotatable bonds is 6. The average Bonchev–Trinajstić information content (AvgIpc) is 3.10. The van der Waals surface area contributed by atoms with Crippen molar-refractivity contribution in [3.05, 3.63) is 87.1 Å². The van der Waals surface area contributed by atoms with E-state index in [4.69, 9.17) is 18.9 Å². The molecule has 0 saturated carbocycles. The number of methoxy groups -OCH3 is 2. The summed E-state index contributed by atoms with van der Waals surface area (Å²) >= 11 is 3.43. The molecular formula is C25H21BrO5. The molecule has 0 amide bonds. The van der Waals surface area contributed by atoms with Gasteiger partial charge < -0.3 is 18.9 Å². The summed E-state index contributed by atoms with van der Waals surface area (Å²) in [5.74, 6) is 2.52. The maximum absolute atomic E-state index is 12.9. The van der Waals surface area contributed by atoms with E-state index in [-0.39, 0.29) is 11.5 Å². The predicted molar refractivity (Wildman–Crippen MR) is 122 cm³/mol. The van der Waals surface area contributed by atoms with Crippen molar-refractivity contribution in [2.45, 2.75) is 13.5 Å². The molecule has 3 aromatic rings. The molecule has 158 valence electrons. The van der Waals surface area contributed by atoms with E-state index in [2.05, 4.69) is 15.9 Å². The highest BCUT2D eigenvalue weighted by molar-refractivity contribution is 9.10. The lowest BCUT2D eigenvalue weighted by Gasteiger charge is -2.11. The van der Waals surface area contributed by atoms with Crippen LogP contribution >= 0.6 is 15.9 Å². The fraction of sp³-hybridized carbons (Fsp3) is 0.160. The first-order valence-electron chi connectivity index (χ1n) is 9.67. The lowest BCUT2D eigenvalue weighted by Crippen LogP contribution is -1.98. The highest BCUT2D eigenvalue weighted by atomic mass is 79.9. The van der Waals surface area contributed by atoms with Gasteiger partial charge in [-0.1, -0.05) is 34.1 Å². The van der Waals surface area contributed by atoms with Crippen molar-refractivity contribution in [3.8, 4) is 23.0 Å². The SMILES string of the molecule is COc1ccc(/C=C2\Oc3c(ccc(OCc4ccc(Br)cc4)c3C)C2=O)cc1OC. The van der Waals surface area contributed by atoms with Gasteiger partial charge in [0.1, 0.15) is 18.1 Å². The Morgan fingerprint density at radius 3 is 2.35 bits per heavy atom. The summed E-state index contributed by atoms with van der Waals surface area (Å²) < 4.78 is 23.5. The van der Waals surface area contributed by atoms with Gasteiger partial charge in [0.2, 0.25) is 5.78 Å². The average molecular weight is 481 g/mol. The fourth-order valence-electron chi connectivity index (χ4n) is 3.36. The number of hydrogen-bond donors (Lipinski definition) is 0. The van der Waals surface area contributed by atoms with Crippen LogP contribution in [-0.2, 0) is 6.61 Å². The maximum Gasteiger partial charge on any atom is 0.231 e. The highest BCUT2D eigenvalue weighted by Gasteiger charge is 2.30. The Hall–Kier alpha value is -3.25. The van der Waals surface area contributed by atoms with Gasteiger partial charge in [0.05, 0.1) is 19.8 Å². The van der Waals surface area contributed by atoms with Crippen LogP contribution in [0.2, 0.25) is 0 Å². The molecule has 0 bridgehead atoms. The minimum Gasteiger partial charge on any atom is -0.493 e. The number of carbonyl (C=O) groups is 1. The summed E-state index contributed by atoms with van der Waals surface area (Å²) in [6.07, 6.45) is 1.70. The lowest BCUT2D eigenvalue weighted by atomic mass is 10.1. The van der Waals surface area contributed by atoms with Crippen LogP contribution in [0.4, 0.5) is 0 Å². The molecule has 0 radical (unpaired) electrons. The first-order chi connectivity index (χ1) is 15.0. The van der Waals surface area contributed by atoms with Crippen molar-refractivity contribution in [3.63, 3.8) is 0 Å². The van der Waals surface area contributed by atoms with Crippen LogP contribution in [0.5, 0.6) is 23.0 Å². The molecular weight excluding hydrogens is 460 g/mol. The Kier molecular flexibility index (Phi) is 6.00. The number of fused-ring (bicyclic) bond motifs is 1. The summed E-state index contributed by atoms with van der Waals surface area (Å²) in [7, 11) is 3.15. The second-order valence-corrected chi connectivity index (χ2v) is 7.95. The van der Waals surface area contributed by atoms with E-state index in [0.29, 0.717) is 35.2 Å². The molecule has 0 fully saturated rings. The van der Waals surface area contributed by atoms with Crippen molar-refractivity contribution < 1.29 is 23.7 Å². The third-order valence-electron chi connectivity index (χ3n) is 5.05. The molecule has 1 aliphatic rings. The maximum atomic E-state index is 12.9. The third-order valence-corrected chi connectivity index (χ3v) is 5.58. The second kappa shape index (κ2) is 8.86. The van der Waals surface area contributed by atoms with Gasteiger partial charge in [0.25, 0.3) is 0 Å². The molecule has 0 aliphatic carbocycles. The van der Waals surface area contributed by atoms with Gasteiger partial charge in [-0.25, -0.2) is 0 Å². The molecule has 4 rings (SSSR count). The Balaban J connectivity index is 1.56. The third kappa shape index (κ3) is 4.30. The van der Waals surface area contributed by atoms with Crippen LogP contribution in [0.15, 0.2) is 64.8 Å². The van der Waals surface area contributed by atoms with E-state index in [1.54, 1.807) is 38.5 Å². The van der Waals surface area contributed by atoms with Crippen molar-refractivity contribution in [2.75, 3.05) is 14.2 Å². The van der Waals surface area contributed by atoms with E-state index < -0.39 is 0 Å². The molecule has 1 heterocycles. The first kappa shape index (κ1) is 21.0. The number of ketones is 1. The minimum atomic E-state index is -0.160. The second-order valence-electron chi connectivity index (χ2n) is 7.03. The van der Waals surface area contributed by atoms with Crippen molar-refractivity contribution in [1.29, 1.82) is 0 Å². The molecule has 0 N–H and O–H groups in total. The van der Waals surface area contributed by atoms with E-state index in [1.807, 2.05) is 43.3 Å². The van der Waals surface area contributed by atoms with Crippen LogP contribution in [-0.4, -0.2) is 20.0 Å². The summed E-state index contributed by atoms with van der Waals surface area (Å²) in [5, 5.41) is 0. The van der Waals surface area contributed by atoms with Gasteiger partial charge in [0, 0.05) is 10.0 Å². The van der Waals surface area contributed by atoms with Gasteiger partial charge in [0.15, 0.2) is 17.3 Å². The largest absolute Gasteiger partial charge is 0.493 e. The Morgan fingerprint density at radius 1 is 0.935 bits per heavy atom. The smallest absolute Gasteiger partial charge is 0.231 e. The predicted octanol–water partition coefficient (Wildman–Crippen LogP) is 5.97. The zero-order valence-corrected chi connectivity index (χ0v) is 19.0. The van der Waals surface area contributed by atoms with Crippen molar-refractivity contribution in [1.82, 2.24) is 0 Å². The van der Waals surface area contributed by atoms with Gasteiger partial charge in [-0.2, -0.15) is 0 Å². The molecule has 5 nitrogen and oxygen atoms in total. The topological polar surface area (TPSA) is 54.0 Å². The van der Waals surface area contributed by atoms with Crippen molar-refractivity contribution >= 4 is 27.8 Å². The van der Waals surface area contributed by atoms with E-state index >= 15 is 0 Å². The summed E-state index contributed by atoms with van der Waals surface area (Å²) in [6, 6.07) is 16.9. The van der Waals surface area contributed by atoms with Gasteiger partial charge in [-0.15, -0.1) is 0 Å². The van der Waals surface area contributed by atoms with Gasteiger partial charge in [-0.05, 0) is 60.5 Å². The molecule has 0 atom stereocenters. The number of hydrogen-bond acceptors (Lipinski definition) is 5.